The maximum atomic E-state index is 5.07. The fourth-order valence-corrected chi connectivity index (χ4v) is 7.33. The second kappa shape index (κ2) is 12.0. The van der Waals surface area contributed by atoms with Crippen molar-refractivity contribution in [2.45, 2.75) is 6.04 Å². The number of rotatable bonds is 6. The lowest BCUT2D eigenvalue weighted by molar-refractivity contribution is 0.756. The zero-order valence-corrected chi connectivity index (χ0v) is 27.2. The highest BCUT2D eigenvalue weighted by molar-refractivity contribution is 5.85. The van der Waals surface area contributed by atoms with E-state index in [9.17, 15) is 0 Å². The van der Waals surface area contributed by atoms with Crippen LogP contribution in [0.1, 0.15) is 17.2 Å². The summed E-state index contributed by atoms with van der Waals surface area (Å²) < 4.78 is 2.21. The molecule has 0 saturated carbocycles. The van der Waals surface area contributed by atoms with Crippen LogP contribution in [-0.2, 0) is 0 Å². The lowest BCUT2D eigenvalue weighted by Crippen LogP contribution is -2.30. The van der Waals surface area contributed by atoms with E-state index < -0.39 is 0 Å². The Labute approximate surface area is 286 Å². The maximum absolute atomic E-state index is 5.07. The van der Waals surface area contributed by atoms with Crippen LogP contribution in [0, 0.1) is 0 Å². The first-order valence-electron chi connectivity index (χ1n) is 16.7. The zero-order chi connectivity index (χ0) is 32.7. The summed E-state index contributed by atoms with van der Waals surface area (Å²) >= 11 is 0. The molecule has 0 bridgehead atoms. The van der Waals surface area contributed by atoms with Crippen LogP contribution >= 0.6 is 0 Å². The molecular formula is C45H34N4. The molecule has 9 rings (SSSR count). The highest BCUT2D eigenvalue weighted by atomic mass is 15.3. The molecule has 1 aliphatic heterocycles. The number of imidazole rings is 1. The summed E-state index contributed by atoms with van der Waals surface area (Å²) in [7, 11) is 2.19. The molecule has 3 heterocycles. The summed E-state index contributed by atoms with van der Waals surface area (Å²) in [6.07, 6.45) is 2.11. The molecule has 6 aromatic carbocycles. The van der Waals surface area contributed by atoms with Crippen molar-refractivity contribution < 1.29 is 0 Å². The first-order chi connectivity index (χ1) is 24.2. The number of hydrogen-bond acceptors (Lipinski definition) is 3. The molecule has 0 fully saturated rings. The number of pyridine rings is 1. The van der Waals surface area contributed by atoms with Gasteiger partial charge < -0.3 is 9.80 Å². The highest BCUT2D eigenvalue weighted by Gasteiger charge is 2.33. The van der Waals surface area contributed by atoms with Gasteiger partial charge in [0.1, 0.15) is 17.2 Å². The van der Waals surface area contributed by atoms with E-state index in [1.54, 1.807) is 0 Å². The second-order valence-electron chi connectivity index (χ2n) is 12.6. The zero-order valence-electron chi connectivity index (χ0n) is 27.2. The predicted molar refractivity (Wildman–Crippen MR) is 203 cm³/mol. The molecule has 1 unspecified atom stereocenters. The van der Waals surface area contributed by atoms with Crippen molar-refractivity contribution >= 4 is 28.5 Å². The first-order valence-corrected chi connectivity index (χ1v) is 16.7. The van der Waals surface area contributed by atoms with Gasteiger partial charge in [0.05, 0.1) is 6.04 Å². The number of hydrogen-bond donors (Lipinski definition) is 0. The van der Waals surface area contributed by atoms with Crippen molar-refractivity contribution in [1.29, 1.82) is 0 Å². The van der Waals surface area contributed by atoms with Crippen molar-refractivity contribution in [2.24, 2.45) is 0 Å². The van der Waals surface area contributed by atoms with E-state index in [0.29, 0.717) is 0 Å². The fraction of sp³-hybridized carbons (Fsp3) is 0.0444. The van der Waals surface area contributed by atoms with Gasteiger partial charge in [-0.2, -0.15) is 0 Å². The standard InChI is InChI=1S/C45H34N4/c1-47-44(41-20-9-8-19-40(41)43-45(47)48-30-11-10-21-42(48)46-43)36-17-12-18-39(31-36)49(37-26-22-34(23-27-37)32-13-4-2-5-14-32)38-28-24-35(25-29-38)33-15-6-3-7-16-33/h2-31,44H,1H3. The molecule has 0 N–H and O–H groups in total. The summed E-state index contributed by atoms with van der Waals surface area (Å²) in [5, 5.41) is 0. The minimum Gasteiger partial charge on any atom is -0.348 e. The molecule has 1 aliphatic rings. The van der Waals surface area contributed by atoms with E-state index in [1.807, 2.05) is 6.07 Å². The maximum Gasteiger partial charge on any atom is 0.142 e. The summed E-state index contributed by atoms with van der Waals surface area (Å²) in [4.78, 5) is 9.81. The molecular weight excluding hydrogens is 597 g/mol. The van der Waals surface area contributed by atoms with Crippen LogP contribution in [0.15, 0.2) is 182 Å². The van der Waals surface area contributed by atoms with E-state index in [0.717, 1.165) is 34.2 Å². The molecule has 1 atom stereocenters. The fourth-order valence-electron chi connectivity index (χ4n) is 7.33. The van der Waals surface area contributed by atoms with Crippen molar-refractivity contribution in [3.63, 3.8) is 0 Å². The van der Waals surface area contributed by atoms with Crippen LogP contribution in [-0.4, -0.2) is 16.4 Å². The van der Waals surface area contributed by atoms with Crippen molar-refractivity contribution in [1.82, 2.24) is 9.38 Å². The molecule has 0 aliphatic carbocycles. The lowest BCUT2D eigenvalue weighted by atomic mass is 9.88. The Morgan fingerprint density at radius 3 is 1.73 bits per heavy atom. The average Bonchev–Trinajstić information content (AvgIpc) is 3.57. The molecule has 0 saturated heterocycles. The molecule has 4 nitrogen and oxygen atoms in total. The lowest BCUT2D eigenvalue weighted by Gasteiger charge is -2.36. The van der Waals surface area contributed by atoms with Crippen LogP contribution in [0.5, 0.6) is 0 Å². The van der Waals surface area contributed by atoms with Gasteiger partial charge >= 0.3 is 0 Å². The number of anilines is 4. The summed E-state index contributed by atoms with van der Waals surface area (Å²) in [6.45, 7) is 0. The monoisotopic (exact) mass is 630 g/mol. The summed E-state index contributed by atoms with van der Waals surface area (Å²) in [5.74, 6) is 1.11. The first kappa shape index (κ1) is 28.8. The van der Waals surface area contributed by atoms with Gasteiger partial charge in [-0.1, -0.05) is 127 Å². The Morgan fingerprint density at radius 1 is 0.510 bits per heavy atom. The normalized spacial score (nSPS) is 13.6. The van der Waals surface area contributed by atoms with Crippen LogP contribution in [0.4, 0.5) is 22.9 Å². The Morgan fingerprint density at radius 2 is 1.08 bits per heavy atom. The Balaban J connectivity index is 1.16. The van der Waals surface area contributed by atoms with Crippen LogP contribution in [0.25, 0.3) is 39.2 Å². The van der Waals surface area contributed by atoms with E-state index in [4.69, 9.17) is 4.98 Å². The SMILES string of the molecule is CN1c2c(nc3ccccn23)-c2ccccc2C1c1cccc(N(c2ccc(-c3ccccc3)cc2)c2ccc(-c3ccccc3)cc2)c1. The Hall–Kier alpha value is -6.39. The highest BCUT2D eigenvalue weighted by Crippen LogP contribution is 2.47. The van der Waals surface area contributed by atoms with Crippen LogP contribution < -0.4 is 9.80 Å². The van der Waals surface area contributed by atoms with E-state index in [2.05, 4.69) is 197 Å². The number of aromatic nitrogens is 2. The third kappa shape index (κ3) is 5.06. The molecule has 49 heavy (non-hydrogen) atoms. The molecule has 0 amide bonds. The number of benzene rings is 6. The largest absolute Gasteiger partial charge is 0.348 e. The van der Waals surface area contributed by atoms with Gasteiger partial charge in [0.2, 0.25) is 0 Å². The van der Waals surface area contributed by atoms with Crippen molar-refractivity contribution in [2.75, 3.05) is 16.8 Å². The third-order valence-corrected chi connectivity index (χ3v) is 9.65. The van der Waals surface area contributed by atoms with Crippen LogP contribution in [0.3, 0.4) is 0 Å². The molecule has 8 aromatic rings. The Kier molecular flexibility index (Phi) is 7.06. The second-order valence-corrected chi connectivity index (χ2v) is 12.6. The van der Waals surface area contributed by atoms with E-state index in [-0.39, 0.29) is 6.04 Å². The van der Waals surface area contributed by atoms with Gasteiger partial charge in [-0.15, -0.1) is 0 Å². The number of fused-ring (bicyclic) bond motifs is 5. The summed E-state index contributed by atoms with van der Waals surface area (Å²) in [5.41, 5.74) is 13.7. The minimum absolute atomic E-state index is 0.00604. The van der Waals surface area contributed by atoms with Gasteiger partial charge in [-0.05, 0) is 81.9 Å². The molecule has 0 radical (unpaired) electrons. The van der Waals surface area contributed by atoms with Crippen LogP contribution in [0.2, 0.25) is 0 Å². The van der Waals surface area contributed by atoms with Crippen molar-refractivity contribution in [3.05, 3.63) is 193 Å². The predicted octanol–water partition coefficient (Wildman–Crippen LogP) is 11.3. The smallest absolute Gasteiger partial charge is 0.142 e. The van der Waals surface area contributed by atoms with E-state index >= 15 is 0 Å². The van der Waals surface area contributed by atoms with Gasteiger partial charge in [0.25, 0.3) is 0 Å². The molecule has 234 valence electrons. The van der Waals surface area contributed by atoms with Gasteiger partial charge in [-0.25, -0.2) is 4.98 Å². The average molecular weight is 631 g/mol. The minimum atomic E-state index is 0.00604. The van der Waals surface area contributed by atoms with Gasteiger partial charge in [-0.3, -0.25) is 4.40 Å². The van der Waals surface area contributed by atoms with Gasteiger partial charge in [0, 0.05) is 35.9 Å². The Bertz CT molecular complexity index is 2310. The number of nitrogens with zero attached hydrogens (tertiary/aromatic N) is 4. The van der Waals surface area contributed by atoms with E-state index in [1.165, 1.54) is 38.9 Å². The summed E-state index contributed by atoms with van der Waals surface area (Å²) in [6, 6.07) is 62.8. The molecule has 4 heteroatoms. The van der Waals surface area contributed by atoms with Crippen molar-refractivity contribution in [3.8, 4) is 33.5 Å². The molecule has 2 aromatic heterocycles. The molecule has 0 spiro atoms. The quantitative estimate of drug-likeness (QED) is 0.183. The topological polar surface area (TPSA) is 23.8 Å². The third-order valence-electron chi connectivity index (χ3n) is 9.65. The van der Waals surface area contributed by atoms with Gasteiger partial charge in [0.15, 0.2) is 0 Å².